The molecule has 2 aromatic rings. The standard InChI is InChI=1S/C11H12IN5O2/c12-8-1-3-9(4-2-8)19-6-5-17-7-10(15-16-17)11(18)14-13/h1-4,7H,5-6,13H2,(H,14,18). The number of nitrogen functional groups attached to an aromatic ring is 1. The van der Waals surface area contributed by atoms with E-state index in [1.54, 1.807) is 0 Å². The maximum Gasteiger partial charge on any atom is 0.287 e. The molecule has 1 aromatic carbocycles. The van der Waals surface area contributed by atoms with Gasteiger partial charge in [0.25, 0.3) is 5.91 Å². The molecule has 0 spiro atoms. The third-order valence-corrected chi connectivity index (χ3v) is 3.02. The van der Waals surface area contributed by atoms with Crippen LogP contribution < -0.4 is 16.0 Å². The molecule has 1 heterocycles. The van der Waals surface area contributed by atoms with Gasteiger partial charge < -0.3 is 4.74 Å². The van der Waals surface area contributed by atoms with Gasteiger partial charge in [-0.1, -0.05) is 5.21 Å². The van der Waals surface area contributed by atoms with Crippen LogP contribution in [0.1, 0.15) is 10.5 Å². The van der Waals surface area contributed by atoms with E-state index in [4.69, 9.17) is 10.6 Å². The molecule has 1 aromatic heterocycles. The first-order valence-corrected chi connectivity index (χ1v) is 6.56. The number of rotatable bonds is 5. The molecular formula is C11H12IN5O2. The summed E-state index contributed by atoms with van der Waals surface area (Å²) in [5, 5.41) is 7.49. The molecule has 0 aliphatic carbocycles. The predicted molar refractivity (Wildman–Crippen MR) is 76.3 cm³/mol. The van der Waals surface area contributed by atoms with Crippen LogP contribution >= 0.6 is 22.6 Å². The Bertz CT molecular complexity index is 554. The number of nitrogens with two attached hydrogens (primary N) is 1. The van der Waals surface area contributed by atoms with Crippen molar-refractivity contribution in [3.63, 3.8) is 0 Å². The van der Waals surface area contributed by atoms with E-state index in [2.05, 4.69) is 32.9 Å². The summed E-state index contributed by atoms with van der Waals surface area (Å²) in [5.74, 6) is 5.32. The zero-order valence-corrected chi connectivity index (χ0v) is 12.1. The van der Waals surface area contributed by atoms with Gasteiger partial charge in [-0.2, -0.15) is 0 Å². The van der Waals surface area contributed by atoms with Gasteiger partial charge >= 0.3 is 0 Å². The average molecular weight is 373 g/mol. The molecule has 0 bridgehead atoms. The zero-order valence-electron chi connectivity index (χ0n) is 9.91. The van der Waals surface area contributed by atoms with Gasteiger partial charge in [0.1, 0.15) is 12.4 Å². The SMILES string of the molecule is NNC(=O)c1cn(CCOc2ccc(I)cc2)nn1. The molecule has 0 atom stereocenters. The van der Waals surface area contributed by atoms with E-state index >= 15 is 0 Å². The highest BCUT2D eigenvalue weighted by Gasteiger charge is 2.08. The monoisotopic (exact) mass is 373 g/mol. The van der Waals surface area contributed by atoms with Crippen LogP contribution in [-0.4, -0.2) is 27.5 Å². The minimum absolute atomic E-state index is 0.178. The largest absolute Gasteiger partial charge is 0.492 e. The maximum atomic E-state index is 11.2. The molecule has 2 rings (SSSR count). The summed E-state index contributed by atoms with van der Waals surface area (Å²) in [5.41, 5.74) is 2.17. The average Bonchev–Trinajstić information content (AvgIpc) is 2.89. The van der Waals surface area contributed by atoms with Crippen molar-refractivity contribution in [3.05, 3.63) is 39.7 Å². The summed E-state index contributed by atoms with van der Waals surface area (Å²) in [6, 6.07) is 7.73. The molecule has 8 heteroatoms. The molecule has 0 radical (unpaired) electrons. The van der Waals surface area contributed by atoms with Gasteiger partial charge in [-0.25, -0.2) is 10.5 Å². The summed E-state index contributed by atoms with van der Waals surface area (Å²) in [4.78, 5) is 11.2. The molecular weight excluding hydrogens is 361 g/mol. The summed E-state index contributed by atoms with van der Waals surface area (Å²) in [7, 11) is 0. The highest BCUT2D eigenvalue weighted by atomic mass is 127. The number of hydrazine groups is 1. The van der Waals surface area contributed by atoms with Crippen LogP contribution in [0.5, 0.6) is 5.75 Å². The Morgan fingerprint density at radius 2 is 2.16 bits per heavy atom. The number of benzene rings is 1. The summed E-state index contributed by atoms with van der Waals surface area (Å²) in [6.45, 7) is 0.935. The van der Waals surface area contributed by atoms with Gasteiger partial charge in [0.15, 0.2) is 5.69 Å². The molecule has 0 aliphatic heterocycles. The minimum atomic E-state index is -0.468. The number of amides is 1. The first-order valence-electron chi connectivity index (χ1n) is 5.48. The van der Waals surface area contributed by atoms with Crippen molar-refractivity contribution in [2.24, 2.45) is 5.84 Å². The molecule has 0 fully saturated rings. The number of hydrogen-bond acceptors (Lipinski definition) is 5. The van der Waals surface area contributed by atoms with E-state index in [1.807, 2.05) is 29.7 Å². The van der Waals surface area contributed by atoms with Gasteiger partial charge in [0.05, 0.1) is 12.7 Å². The van der Waals surface area contributed by atoms with Crippen molar-refractivity contribution >= 4 is 28.5 Å². The maximum absolute atomic E-state index is 11.2. The van der Waals surface area contributed by atoms with E-state index in [1.165, 1.54) is 10.9 Å². The van der Waals surface area contributed by atoms with Crippen molar-refractivity contribution in [2.75, 3.05) is 6.61 Å². The fourth-order valence-corrected chi connectivity index (χ4v) is 1.73. The number of ether oxygens (including phenoxy) is 1. The lowest BCUT2D eigenvalue weighted by atomic mass is 10.3. The normalized spacial score (nSPS) is 10.2. The Morgan fingerprint density at radius 3 is 2.84 bits per heavy atom. The molecule has 19 heavy (non-hydrogen) atoms. The number of carbonyl (C=O) groups excluding carboxylic acids is 1. The van der Waals surface area contributed by atoms with Crippen LogP contribution in [0, 0.1) is 3.57 Å². The summed E-state index contributed by atoms with van der Waals surface area (Å²) in [6.07, 6.45) is 1.51. The molecule has 7 nitrogen and oxygen atoms in total. The van der Waals surface area contributed by atoms with E-state index in [0.717, 1.165) is 9.32 Å². The van der Waals surface area contributed by atoms with Gasteiger partial charge in [0, 0.05) is 3.57 Å². The number of nitrogens with zero attached hydrogens (tertiary/aromatic N) is 3. The smallest absolute Gasteiger partial charge is 0.287 e. The number of carbonyl (C=O) groups is 1. The zero-order chi connectivity index (χ0) is 13.7. The van der Waals surface area contributed by atoms with Gasteiger partial charge in [0.2, 0.25) is 0 Å². The van der Waals surface area contributed by atoms with Crippen molar-refractivity contribution in [1.29, 1.82) is 0 Å². The second-order valence-corrected chi connectivity index (χ2v) is 4.89. The fraction of sp³-hybridized carbons (Fsp3) is 0.182. The summed E-state index contributed by atoms with van der Waals surface area (Å²) >= 11 is 2.23. The highest BCUT2D eigenvalue weighted by Crippen LogP contribution is 2.13. The van der Waals surface area contributed by atoms with Crippen molar-refractivity contribution < 1.29 is 9.53 Å². The molecule has 1 amide bonds. The molecule has 100 valence electrons. The first kappa shape index (κ1) is 13.7. The van der Waals surface area contributed by atoms with E-state index in [9.17, 15) is 4.79 Å². The van der Waals surface area contributed by atoms with E-state index in [0.29, 0.717) is 13.2 Å². The lowest BCUT2D eigenvalue weighted by Crippen LogP contribution is -2.30. The van der Waals surface area contributed by atoms with Crippen LogP contribution in [-0.2, 0) is 6.54 Å². The lowest BCUT2D eigenvalue weighted by Gasteiger charge is -2.05. The van der Waals surface area contributed by atoms with Crippen molar-refractivity contribution in [1.82, 2.24) is 20.4 Å². The second-order valence-electron chi connectivity index (χ2n) is 3.64. The van der Waals surface area contributed by atoms with Crippen molar-refractivity contribution in [3.8, 4) is 5.75 Å². The number of aromatic nitrogens is 3. The minimum Gasteiger partial charge on any atom is -0.492 e. The molecule has 0 saturated carbocycles. The van der Waals surface area contributed by atoms with Crippen molar-refractivity contribution in [2.45, 2.75) is 6.54 Å². The third-order valence-electron chi connectivity index (χ3n) is 2.31. The van der Waals surface area contributed by atoms with Crippen LogP contribution in [0.3, 0.4) is 0 Å². The van der Waals surface area contributed by atoms with Gasteiger partial charge in [-0.15, -0.1) is 5.10 Å². The van der Waals surface area contributed by atoms with Gasteiger partial charge in [-0.3, -0.25) is 10.2 Å². The van der Waals surface area contributed by atoms with E-state index < -0.39 is 5.91 Å². The number of hydrogen-bond donors (Lipinski definition) is 2. The Hall–Kier alpha value is -1.68. The van der Waals surface area contributed by atoms with Gasteiger partial charge in [-0.05, 0) is 46.9 Å². The van der Waals surface area contributed by atoms with Crippen LogP contribution in [0.2, 0.25) is 0 Å². The third kappa shape index (κ3) is 3.89. The van der Waals surface area contributed by atoms with Crippen LogP contribution in [0.15, 0.2) is 30.5 Å². The summed E-state index contributed by atoms with van der Waals surface area (Å²) < 4.78 is 8.22. The lowest BCUT2D eigenvalue weighted by molar-refractivity contribution is 0.0948. The first-order chi connectivity index (χ1) is 9.19. The Labute approximate surface area is 123 Å². The number of nitrogens with one attached hydrogen (secondary N) is 1. The molecule has 3 N–H and O–H groups in total. The molecule has 0 unspecified atom stereocenters. The fourth-order valence-electron chi connectivity index (χ4n) is 1.37. The molecule has 0 saturated heterocycles. The predicted octanol–water partition coefficient (Wildman–Crippen LogP) is 0.565. The van der Waals surface area contributed by atoms with Crippen LogP contribution in [0.4, 0.5) is 0 Å². The Balaban J connectivity index is 1.84. The Kier molecular flexibility index (Phi) is 4.68. The van der Waals surface area contributed by atoms with E-state index in [-0.39, 0.29) is 5.69 Å². The second kappa shape index (κ2) is 6.48. The molecule has 0 aliphatic rings. The highest BCUT2D eigenvalue weighted by molar-refractivity contribution is 14.1. The quantitative estimate of drug-likeness (QED) is 0.346. The van der Waals surface area contributed by atoms with Crippen LogP contribution in [0.25, 0.3) is 0 Å². The topological polar surface area (TPSA) is 95.1 Å². The Morgan fingerprint density at radius 1 is 1.42 bits per heavy atom. The number of halogens is 1.